The Morgan fingerprint density at radius 2 is 1.46 bits per heavy atom. The van der Waals surface area contributed by atoms with Gasteiger partial charge in [0.1, 0.15) is 0 Å². The van der Waals surface area contributed by atoms with Gasteiger partial charge in [-0.05, 0) is 51.0 Å². The molecule has 2 rings (SSSR count). The van der Waals surface area contributed by atoms with Gasteiger partial charge in [-0.1, -0.05) is 13.8 Å². The summed E-state index contributed by atoms with van der Waals surface area (Å²) in [6.45, 7) is 4.88. The Bertz CT molecular complexity index is 178. The van der Waals surface area contributed by atoms with E-state index < -0.39 is 0 Å². The van der Waals surface area contributed by atoms with Gasteiger partial charge in [0.15, 0.2) is 0 Å². The zero-order valence-electron chi connectivity index (χ0n) is 9.29. The van der Waals surface area contributed by atoms with E-state index in [2.05, 4.69) is 25.8 Å². The Morgan fingerprint density at radius 1 is 0.846 bits per heavy atom. The van der Waals surface area contributed by atoms with E-state index in [1.807, 2.05) is 0 Å². The molecule has 1 nitrogen and oxygen atoms in total. The van der Waals surface area contributed by atoms with Crippen LogP contribution >= 0.6 is 0 Å². The molecule has 2 fully saturated rings. The number of fused-ring (bicyclic) bond motifs is 2. The summed E-state index contributed by atoms with van der Waals surface area (Å²) in [7, 11) is 2.34. The van der Waals surface area contributed by atoms with Crippen LogP contribution in [0.2, 0.25) is 0 Å². The second-order valence-electron chi connectivity index (χ2n) is 5.32. The van der Waals surface area contributed by atoms with Crippen LogP contribution in [-0.4, -0.2) is 24.0 Å². The first-order chi connectivity index (χ1) is 6.18. The molecule has 4 unspecified atom stereocenters. The van der Waals surface area contributed by atoms with Crippen LogP contribution in [0.15, 0.2) is 0 Å². The highest BCUT2D eigenvalue weighted by Crippen LogP contribution is 2.36. The van der Waals surface area contributed by atoms with Crippen molar-refractivity contribution in [3.8, 4) is 0 Å². The predicted octanol–water partition coefficient (Wildman–Crippen LogP) is 2.91. The third-order valence-electron chi connectivity index (χ3n) is 4.56. The molecular formula is C12H23N. The summed E-state index contributed by atoms with van der Waals surface area (Å²) in [5, 5.41) is 0. The molecule has 0 aliphatic carbocycles. The molecule has 2 aliphatic heterocycles. The Kier molecular flexibility index (Phi) is 2.64. The van der Waals surface area contributed by atoms with Crippen LogP contribution in [0.25, 0.3) is 0 Å². The first-order valence-corrected chi connectivity index (χ1v) is 5.90. The smallest absolute Gasteiger partial charge is 0.00983 e. The van der Waals surface area contributed by atoms with Crippen molar-refractivity contribution in [3.05, 3.63) is 0 Å². The highest BCUT2D eigenvalue weighted by Gasteiger charge is 2.34. The summed E-state index contributed by atoms with van der Waals surface area (Å²) in [6.07, 6.45) is 7.24. The van der Waals surface area contributed by atoms with E-state index in [0.717, 1.165) is 23.9 Å². The third kappa shape index (κ3) is 1.76. The zero-order chi connectivity index (χ0) is 9.42. The Morgan fingerprint density at radius 3 is 2.23 bits per heavy atom. The van der Waals surface area contributed by atoms with Gasteiger partial charge in [0.25, 0.3) is 0 Å². The lowest BCUT2D eigenvalue weighted by atomic mass is 9.85. The lowest BCUT2D eigenvalue weighted by Gasteiger charge is -2.33. The molecule has 2 saturated heterocycles. The highest BCUT2D eigenvalue weighted by atomic mass is 15.2. The van der Waals surface area contributed by atoms with E-state index in [-0.39, 0.29) is 0 Å². The molecule has 0 aromatic rings. The molecular weight excluding hydrogens is 158 g/mol. The molecule has 2 aliphatic rings. The number of hydrogen-bond acceptors (Lipinski definition) is 1. The van der Waals surface area contributed by atoms with E-state index >= 15 is 0 Å². The topological polar surface area (TPSA) is 3.24 Å². The van der Waals surface area contributed by atoms with Gasteiger partial charge >= 0.3 is 0 Å². The third-order valence-corrected chi connectivity index (χ3v) is 4.56. The van der Waals surface area contributed by atoms with Gasteiger partial charge < -0.3 is 4.90 Å². The van der Waals surface area contributed by atoms with Crippen molar-refractivity contribution in [3.63, 3.8) is 0 Å². The summed E-state index contributed by atoms with van der Waals surface area (Å²) in [6, 6.07) is 1.82. The van der Waals surface area contributed by atoms with Gasteiger partial charge in [0, 0.05) is 12.1 Å². The minimum Gasteiger partial charge on any atom is -0.300 e. The van der Waals surface area contributed by atoms with Crippen LogP contribution in [0.3, 0.4) is 0 Å². The van der Waals surface area contributed by atoms with Crippen LogP contribution < -0.4 is 0 Å². The minimum atomic E-state index is 0.905. The van der Waals surface area contributed by atoms with Crippen LogP contribution in [0.1, 0.15) is 46.0 Å². The van der Waals surface area contributed by atoms with Gasteiger partial charge in [0.05, 0.1) is 0 Å². The molecule has 2 heterocycles. The fourth-order valence-electron chi connectivity index (χ4n) is 3.12. The molecule has 0 spiro atoms. The quantitative estimate of drug-likeness (QED) is 0.555. The largest absolute Gasteiger partial charge is 0.300 e. The standard InChI is InChI=1S/C12H23N/c1-9-4-5-11-6-7-12(13(11)3)8-10(9)2/h9-12H,4-8H2,1-3H3. The molecule has 0 amide bonds. The lowest BCUT2D eigenvalue weighted by molar-refractivity contribution is 0.152. The summed E-state index contributed by atoms with van der Waals surface area (Å²) in [5.74, 6) is 1.89. The van der Waals surface area contributed by atoms with Crippen molar-refractivity contribution in [2.24, 2.45) is 11.8 Å². The van der Waals surface area contributed by atoms with E-state index in [0.29, 0.717) is 0 Å². The minimum absolute atomic E-state index is 0.905. The predicted molar refractivity (Wildman–Crippen MR) is 56.8 cm³/mol. The SMILES string of the molecule is CC1CCC2CCC(CC1C)N2C. The molecule has 0 radical (unpaired) electrons. The van der Waals surface area contributed by atoms with E-state index in [1.165, 1.54) is 32.1 Å². The molecule has 76 valence electrons. The van der Waals surface area contributed by atoms with Crippen molar-refractivity contribution in [2.75, 3.05) is 7.05 Å². The Hall–Kier alpha value is -0.0400. The molecule has 1 heteroatoms. The number of hydrogen-bond donors (Lipinski definition) is 0. The fraction of sp³-hybridized carbons (Fsp3) is 1.00. The van der Waals surface area contributed by atoms with Crippen LogP contribution in [0, 0.1) is 11.8 Å². The van der Waals surface area contributed by atoms with E-state index in [9.17, 15) is 0 Å². The Labute approximate surface area is 82.5 Å². The summed E-state index contributed by atoms with van der Waals surface area (Å²) < 4.78 is 0. The van der Waals surface area contributed by atoms with E-state index in [4.69, 9.17) is 0 Å². The maximum Gasteiger partial charge on any atom is 0.00983 e. The van der Waals surface area contributed by atoms with Crippen molar-refractivity contribution in [1.29, 1.82) is 0 Å². The normalized spacial score (nSPS) is 47.3. The van der Waals surface area contributed by atoms with Crippen molar-refractivity contribution >= 4 is 0 Å². The maximum atomic E-state index is 2.66. The molecule has 0 aromatic heterocycles. The second kappa shape index (κ2) is 3.61. The van der Waals surface area contributed by atoms with Gasteiger partial charge in [-0.15, -0.1) is 0 Å². The first kappa shape index (κ1) is 9.51. The van der Waals surface area contributed by atoms with Crippen molar-refractivity contribution in [1.82, 2.24) is 4.90 Å². The van der Waals surface area contributed by atoms with Crippen LogP contribution in [0.4, 0.5) is 0 Å². The molecule has 13 heavy (non-hydrogen) atoms. The van der Waals surface area contributed by atoms with Gasteiger partial charge in [-0.2, -0.15) is 0 Å². The summed E-state index contributed by atoms with van der Waals surface area (Å²) >= 11 is 0. The van der Waals surface area contributed by atoms with Crippen molar-refractivity contribution < 1.29 is 0 Å². The van der Waals surface area contributed by atoms with Crippen LogP contribution in [0.5, 0.6) is 0 Å². The molecule has 0 N–H and O–H groups in total. The van der Waals surface area contributed by atoms with Gasteiger partial charge in [0.2, 0.25) is 0 Å². The lowest BCUT2D eigenvalue weighted by Crippen LogP contribution is -2.36. The molecule has 4 atom stereocenters. The Balaban J connectivity index is 2.06. The van der Waals surface area contributed by atoms with Crippen LogP contribution in [-0.2, 0) is 0 Å². The molecule has 0 aromatic carbocycles. The average Bonchev–Trinajstić information content (AvgIpc) is 2.46. The van der Waals surface area contributed by atoms with E-state index in [1.54, 1.807) is 0 Å². The highest BCUT2D eigenvalue weighted by molar-refractivity contribution is 4.89. The maximum absolute atomic E-state index is 2.66. The molecule has 0 saturated carbocycles. The summed E-state index contributed by atoms with van der Waals surface area (Å²) in [5.41, 5.74) is 0. The average molecular weight is 181 g/mol. The van der Waals surface area contributed by atoms with Crippen molar-refractivity contribution in [2.45, 2.75) is 58.0 Å². The zero-order valence-corrected chi connectivity index (χ0v) is 9.29. The van der Waals surface area contributed by atoms with Gasteiger partial charge in [-0.25, -0.2) is 0 Å². The fourth-order valence-corrected chi connectivity index (χ4v) is 3.12. The first-order valence-electron chi connectivity index (χ1n) is 5.90. The van der Waals surface area contributed by atoms with Gasteiger partial charge in [-0.3, -0.25) is 0 Å². The monoisotopic (exact) mass is 181 g/mol. The number of nitrogens with zero attached hydrogens (tertiary/aromatic N) is 1. The second-order valence-corrected chi connectivity index (χ2v) is 5.32. The number of rotatable bonds is 0. The summed E-state index contributed by atoms with van der Waals surface area (Å²) in [4.78, 5) is 2.66. The molecule has 2 bridgehead atoms.